The Kier molecular flexibility index (Phi) is 4.62. The van der Waals surface area contributed by atoms with Gasteiger partial charge >= 0.3 is 0 Å². The van der Waals surface area contributed by atoms with Crippen LogP contribution in [0.3, 0.4) is 0 Å². The number of allylic oxidation sites excluding steroid dienone is 1. The van der Waals surface area contributed by atoms with Gasteiger partial charge < -0.3 is 10.7 Å². The minimum Gasteiger partial charge on any atom is -0.811 e. The van der Waals surface area contributed by atoms with Gasteiger partial charge in [-0.05, 0) is 13.1 Å². The van der Waals surface area contributed by atoms with E-state index in [1.165, 1.54) is 6.08 Å². The molecule has 0 radical (unpaired) electrons. The summed E-state index contributed by atoms with van der Waals surface area (Å²) in [6.45, 7) is 2.88. The third kappa shape index (κ3) is 5.21. The molecule has 0 bridgehead atoms. The average molecular weight is 97.1 g/mol. The predicted octanol–water partition coefficient (Wildman–Crippen LogP) is 0.750. The molecule has 0 aromatic heterocycles. The molecular formula is C5H9N2-. The highest BCUT2D eigenvalue weighted by Gasteiger charge is 1.58. The fourth-order valence-electron chi connectivity index (χ4n) is 0.229. The maximum atomic E-state index is 8.04. The summed E-state index contributed by atoms with van der Waals surface area (Å²) in [7, 11) is 0. The average Bonchev–Trinajstić information content (AvgIpc) is 1.69. The van der Waals surface area contributed by atoms with Crippen LogP contribution in [-0.2, 0) is 0 Å². The second-order valence-corrected chi connectivity index (χ2v) is 1.07. The van der Waals surface area contributed by atoms with Crippen molar-refractivity contribution in [1.29, 1.82) is 0 Å². The van der Waals surface area contributed by atoms with Crippen molar-refractivity contribution in [3.05, 3.63) is 17.7 Å². The quantitative estimate of drug-likeness (QED) is 0.518. The molecule has 0 atom stereocenters. The summed E-state index contributed by atoms with van der Waals surface area (Å²) >= 11 is 0. The molecule has 2 heteroatoms. The van der Waals surface area contributed by atoms with Crippen LogP contribution in [0.25, 0.3) is 5.41 Å². The van der Waals surface area contributed by atoms with Crippen molar-refractivity contribution < 1.29 is 0 Å². The van der Waals surface area contributed by atoms with Gasteiger partial charge in [-0.2, -0.15) is 6.21 Å². The van der Waals surface area contributed by atoms with E-state index in [0.29, 0.717) is 0 Å². The Balaban J connectivity index is 2.92. The van der Waals surface area contributed by atoms with Gasteiger partial charge in [-0.15, -0.1) is 0 Å². The zero-order valence-corrected chi connectivity index (χ0v) is 4.39. The van der Waals surface area contributed by atoms with Crippen LogP contribution < -0.4 is 5.32 Å². The van der Waals surface area contributed by atoms with Crippen LogP contribution in [0.15, 0.2) is 12.3 Å². The minimum atomic E-state index is 0.893. The summed E-state index contributed by atoms with van der Waals surface area (Å²) in [6.07, 6.45) is 4.20. The molecule has 0 saturated heterocycles. The number of hydrogen-bond acceptors (Lipinski definition) is 1. The Hall–Kier alpha value is -0.790. The van der Waals surface area contributed by atoms with E-state index in [-0.39, 0.29) is 0 Å². The van der Waals surface area contributed by atoms with Gasteiger partial charge in [-0.25, -0.2) is 0 Å². The summed E-state index contributed by atoms with van der Waals surface area (Å²) in [5.74, 6) is 0. The predicted molar refractivity (Wildman–Crippen MR) is 32.2 cm³/mol. The van der Waals surface area contributed by atoms with Crippen LogP contribution in [0.4, 0.5) is 0 Å². The monoisotopic (exact) mass is 97.1 g/mol. The molecule has 0 fully saturated rings. The van der Waals surface area contributed by atoms with E-state index in [9.17, 15) is 0 Å². The van der Waals surface area contributed by atoms with Crippen molar-refractivity contribution >= 4 is 6.21 Å². The molecule has 40 valence electrons. The van der Waals surface area contributed by atoms with Gasteiger partial charge in [0, 0.05) is 6.54 Å². The first kappa shape index (κ1) is 6.21. The van der Waals surface area contributed by atoms with Crippen molar-refractivity contribution in [3.63, 3.8) is 0 Å². The fraction of sp³-hybridized carbons (Fsp3) is 0.400. The largest absolute Gasteiger partial charge is 0.811 e. The van der Waals surface area contributed by atoms with Gasteiger partial charge in [0.25, 0.3) is 0 Å². The molecule has 0 unspecified atom stereocenters. The summed E-state index contributed by atoms with van der Waals surface area (Å²) < 4.78 is 0. The van der Waals surface area contributed by atoms with Gasteiger partial charge in [0.05, 0.1) is 0 Å². The third-order valence-electron chi connectivity index (χ3n) is 0.504. The smallest absolute Gasteiger partial charge is 0.0113 e. The SMILES string of the molecule is CCN/C=C\C=[N-]. The molecule has 0 amide bonds. The Labute approximate surface area is 43.7 Å². The topological polar surface area (TPSA) is 34.3 Å². The maximum absolute atomic E-state index is 8.04. The zero-order chi connectivity index (χ0) is 5.54. The molecule has 0 spiro atoms. The van der Waals surface area contributed by atoms with Crippen molar-refractivity contribution in [2.75, 3.05) is 6.54 Å². The van der Waals surface area contributed by atoms with Crippen molar-refractivity contribution in [1.82, 2.24) is 5.32 Å². The minimum absolute atomic E-state index is 0.893. The molecular weight excluding hydrogens is 88.1 g/mol. The van der Waals surface area contributed by atoms with E-state index >= 15 is 0 Å². The summed E-state index contributed by atoms with van der Waals surface area (Å²) in [5, 5.41) is 10.9. The lowest BCUT2D eigenvalue weighted by atomic mass is 10.6. The first-order valence-electron chi connectivity index (χ1n) is 2.27. The third-order valence-corrected chi connectivity index (χ3v) is 0.504. The number of nitrogens with zero attached hydrogens (tertiary/aromatic N) is 1. The highest BCUT2D eigenvalue weighted by molar-refractivity contribution is 5.73. The molecule has 0 heterocycles. The highest BCUT2D eigenvalue weighted by Crippen LogP contribution is 1.58. The number of hydrogen-bond donors (Lipinski definition) is 1. The van der Waals surface area contributed by atoms with Gasteiger partial charge in [0.1, 0.15) is 0 Å². The molecule has 0 aliphatic heterocycles. The normalized spacial score (nSPS) is 9.29. The van der Waals surface area contributed by atoms with Gasteiger partial charge in [-0.1, -0.05) is 6.08 Å². The van der Waals surface area contributed by atoms with E-state index < -0.39 is 0 Å². The Morgan fingerprint density at radius 1 is 1.71 bits per heavy atom. The second kappa shape index (κ2) is 5.21. The molecule has 0 aromatic rings. The van der Waals surface area contributed by atoms with E-state index in [1.807, 2.05) is 6.92 Å². The lowest BCUT2D eigenvalue weighted by Gasteiger charge is -1.87. The van der Waals surface area contributed by atoms with Crippen molar-refractivity contribution in [2.24, 2.45) is 0 Å². The lowest BCUT2D eigenvalue weighted by molar-refractivity contribution is 0.921. The Bertz CT molecular complexity index is 66.5. The van der Waals surface area contributed by atoms with Gasteiger partial charge in [-0.3, -0.25) is 0 Å². The molecule has 0 aromatic carbocycles. The molecule has 0 saturated carbocycles. The van der Waals surface area contributed by atoms with Gasteiger partial charge in [0.15, 0.2) is 0 Å². The molecule has 1 N–H and O–H groups in total. The number of nitrogens with one attached hydrogen (secondary N) is 1. The van der Waals surface area contributed by atoms with E-state index in [4.69, 9.17) is 5.41 Å². The summed E-state index contributed by atoms with van der Waals surface area (Å²) in [6, 6.07) is 0. The summed E-state index contributed by atoms with van der Waals surface area (Å²) in [5.41, 5.74) is 0. The second-order valence-electron chi connectivity index (χ2n) is 1.07. The molecule has 0 aliphatic rings. The van der Waals surface area contributed by atoms with Crippen LogP contribution in [0.1, 0.15) is 6.92 Å². The zero-order valence-electron chi connectivity index (χ0n) is 4.39. The van der Waals surface area contributed by atoms with Crippen molar-refractivity contribution in [3.8, 4) is 0 Å². The first-order chi connectivity index (χ1) is 3.41. The lowest BCUT2D eigenvalue weighted by Crippen LogP contribution is -2.00. The molecule has 7 heavy (non-hydrogen) atoms. The standard InChI is InChI=1S/C5H9N2/c1-2-7-5-3-4-6/h3-5,7H,2H2,1H3/q-1/b5-3-. The van der Waals surface area contributed by atoms with Gasteiger partial charge in [0.2, 0.25) is 0 Å². The molecule has 0 rings (SSSR count). The Morgan fingerprint density at radius 2 is 2.43 bits per heavy atom. The molecule has 2 nitrogen and oxygen atoms in total. The molecule has 0 aliphatic carbocycles. The Morgan fingerprint density at radius 3 is 2.86 bits per heavy atom. The van der Waals surface area contributed by atoms with Crippen molar-refractivity contribution in [2.45, 2.75) is 6.92 Å². The number of rotatable bonds is 3. The summed E-state index contributed by atoms with van der Waals surface area (Å²) in [4.78, 5) is 0. The van der Waals surface area contributed by atoms with Crippen LogP contribution >= 0.6 is 0 Å². The van der Waals surface area contributed by atoms with E-state index in [2.05, 4.69) is 5.32 Å². The van der Waals surface area contributed by atoms with Crippen LogP contribution in [0.5, 0.6) is 0 Å². The fourth-order valence-corrected chi connectivity index (χ4v) is 0.229. The van der Waals surface area contributed by atoms with Crippen LogP contribution in [0.2, 0.25) is 0 Å². The van der Waals surface area contributed by atoms with Crippen LogP contribution in [0, 0.1) is 0 Å². The van der Waals surface area contributed by atoms with Crippen LogP contribution in [-0.4, -0.2) is 12.8 Å². The highest BCUT2D eigenvalue weighted by atomic mass is 14.8. The maximum Gasteiger partial charge on any atom is 0.0113 e. The first-order valence-corrected chi connectivity index (χ1v) is 2.27. The van der Waals surface area contributed by atoms with E-state index in [0.717, 1.165) is 12.8 Å². The van der Waals surface area contributed by atoms with E-state index in [1.54, 1.807) is 6.20 Å².